The number of nitrogens with zero attached hydrogens (tertiary/aromatic N) is 2. The molecule has 1 amide bonds. The summed E-state index contributed by atoms with van der Waals surface area (Å²) in [7, 11) is 0. The Morgan fingerprint density at radius 2 is 2.17 bits per heavy atom. The number of aromatic nitrogens is 3. The van der Waals surface area contributed by atoms with Crippen LogP contribution >= 0.6 is 0 Å². The molecule has 0 saturated carbocycles. The molecular weight excluding hydrogens is 228 g/mol. The van der Waals surface area contributed by atoms with Gasteiger partial charge in [-0.1, -0.05) is 6.07 Å². The molecule has 2 aromatic heterocycles. The number of amides is 1. The van der Waals surface area contributed by atoms with Crippen molar-refractivity contribution >= 4 is 22.6 Å². The van der Waals surface area contributed by atoms with Crippen LogP contribution < -0.4 is 5.32 Å². The maximum atomic E-state index is 12.0. The summed E-state index contributed by atoms with van der Waals surface area (Å²) in [4.78, 5) is 22.8. The van der Waals surface area contributed by atoms with Gasteiger partial charge in [0.1, 0.15) is 12.1 Å². The number of H-pyrrole nitrogens is 1. The Bertz CT molecular complexity index is 690. The highest BCUT2D eigenvalue weighted by Crippen LogP contribution is 2.15. The zero-order valence-electron chi connectivity index (χ0n) is 9.42. The van der Waals surface area contributed by atoms with Crippen LogP contribution in [0.15, 0.2) is 49.1 Å². The lowest BCUT2D eigenvalue weighted by molar-refractivity contribution is 0.102. The van der Waals surface area contributed by atoms with Crippen LogP contribution in [0.1, 0.15) is 10.4 Å². The number of hydrogen-bond acceptors (Lipinski definition) is 3. The molecule has 0 fully saturated rings. The van der Waals surface area contributed by atoms with Crippen LogP contribution in [-0.4, -0.2) is 20.9 Å². The molecular formula is C13H10N4O. The van der Waals surface area contributed by atoms with Crippen molar-refractivity contribution in [1.29, 1.82) is 0 Å². The minimum absolute atomic E-state index is 0.190. The van der Waals surface area contributed by atoms with Crippen LogP contribution in [0.5, 0.6) is 0 Å². The van der Waals surface area contributed by atoms with Crippen molar-refractivity contribution in [2.75, 3.05) is 5.32 Å². The van der Waals surface area contributed by atoms with Crippen molar-refractivity contribution in [1.82, 2.24) is 15.0 Å². The summed E-state index contributed by atoms with van der Waals surface area (Å²) in [5, 5.41) is 3.79. The number of fused-ring (bicyclic) bond motifs is 1. The van der Waals surface area contributed by atoms with Crippen LogP contribution in [0, 0.1) is 0 Å². The summed E-state index contributed by atoms with van der Waals surface area (Å²) < 4.78 is 0. The second kappa shape index (κ2) is 4.29. The van der Waals surface area contributed by atoms with Gasteiger partial charge in [0.05, 0.1) is 0 Å². The van der Waals surface area contributed by atoms with Gasteiger partial charge in [-0.05, 0) is 29.7 Å². The number of carbonyl (C=O) groups is 1. The van der Waals surface area contributed by atoms with Crippen molar-refractivity contribution in [2.24, 2.45) is 0 Å². The van der Waals surface area contributed by atoms with E-state index in [0.717, 1.165) is 10.9 Å². The summed E-state index contributed by atoms with van der Waals surface area (Å²) in [5.41, 5.74) is 1.52. The molecule has 18 heavy (non-hydrogen) atoms. The van der Waals surface area contributed by atoms with Gasteiger partial charge in [0.25, 0.3) is 5.91 Å². The number of rotatable bonds is 2. The van der Waals surface area contributed by atoms with Crippen LogP contribution in [0.4, 0.5) is 5.82 Å². The fourth-order valence-corrected chi connectivity index (χ4v) is 1.74. The Morgan fingerprint density at radius 3 is 3.00 bits per heavy atom. The second-order valence-electron chi connectivity index (χ2n) is 3.83. The smallest absolute Gasteiger partial charge is 0.256 e. The van der Waals surface area contributed by atoms with Gasteiger partial charge in [0.15, 0.2) is 0 Å². The fraction of sp³-hybridized carbons (Fsp3) is 0. The summed E-state index contributed by atoms with van der Waals surface area (Å²) in [6, 6.07) is 9.10. The molecule has 5 heteroatoms. The lowest BCUT2D eigenvalue weighted by Gasteiger charge is -2.03. The van der Waals surface area contributed by atoms with Crippen LogP contribution in [-0.2, 0) is 0 Å². The van der Waals surface area contributed by atoms with Gasteiger partial charge in [-0.3, -0.25) is 4.79 Å². The topological polar surface area (TPSA) is 70.7 Å². The molecule has 5 nitrogen and oxygen atoms in total. The Hall–Kier alpha value is -2.69. The number of benzene rings is 1. The average Bonchev–Trinajstić information content (AvgIpc) is 2.87. The zero-order chi connectivity index (χ0) is 12.4. The second-order valence-corrected chi connectivity index (χ2v) is 3.83. The molecule has 0 saturated heterocycles. The Kier molecular flexibility index (Phi) is 2.49. The molecule has 3 rings (SSSR count). The van der Waals surface area contributed by atoms with E-state index in [1.165, 1.54) is 6.33 Å². The monoisotopic (exact) mass is 238 g/mol. The molecule has 2 N–H and O–H groups in total. The summed E-state index contributed by atoms with van der Waals surface area (Å²) in [6.07, 6.45) is 4.82. The molecule has 0 atom stereocenters. The van der Waals surface area contributed by atoms with E-state index in [2.05, 4.69) is 20.3 Å². The third kappa shape index (κ3) is 1.93. The Morgan fingerprint density at radius 1 is 1.22 bits per heavy atom. The Labute approximate surface area is 103 Å². The normalized spacial score (nSPS) is 10.4. The van der Waals surface area contributed by atoms with Gasteiger partial charge in [-0.15, -0.1) is 0 Å². The highest BCUT2D eigenvalue weighted by Gasteiger charge is 2.07. The molecule has 0 bridgehead atoms. The molecule has 0 aliphatic rings. The quantitative estimate of drug-likeness (QED) is 0.719. The molecule has 3 aromatic rings. The van der Waals surface area contributed by atoms with E-state index in [-0.39, 0.29) is 5.91 Å². The van der Waals surface area contributed by atoms with Gasteiger partial charge < -0.3 is 10.3 Å². The maximum absolute atomic E-state index is 12.0. The van der Waals surface area contributed by atoms with E-state index in [1.807, 2.05) is 24.4 Å². The standard InChI is InChI=1S/C13H10N4O/c18-13(17-12-4-5-14-8-16-12)10-2-1-9-3-6-15-11(9)7-10/h1-8,15H,(H,14,16,17,18). The van der Waals surface area contributed by atoms with E-state index >= 15 is 0 Å². The van der Waals surface area contributed by atoms with E-state index in [4.69, 9.17) is 0 Å². The number of aromatic amines is 1. The summed E-state index contributed by atoms with van der Waals surface area (Å²) >= 11 is 0. The molecule has 2 heterocycles. The molecule has 88 valence electrons. The highest BCUT2D eigenvalue weighted by molar-refractivity contribution is 6.05. The summed E-state index contributed by atoms with van der Waals surface area (Å²) in [5.74, 6) is 0.298. The van der Waals surface area contributed by atoms with Gasteiger partial charge in [0, 0.05) is 23.5 Å². The first-order chi connectivity index (χ1) is 8.83. The predicted octanol–water partition coefficient (Wildman–Crippen LogP) is 2.21. The van der Waals surface area contributed by atoms with Crippen LogP contribution in [0.25, 0.3) is 10.9 Å². The van der Waals surface area contributed by atoms with Crippen molar-refractivity contribution in [2.45, 2.75) is 0 Å². The van der Waals surface area contributed by atoms with E-state index in [9.17, 15) is 4.79 Å². The van der Waals surface area contributed by atoms with Gasteiger partial charge in [-0.2, -0.15) is 0 Å². The van der Waals surface area contributed by atoms with Crippen molar-refractivity contribution in [3.05, 3.63) is 54.6 Å². The number of anilines is 1. The van der Waals surface area contributed by atoms with E-state index in [0.29, 0.717) is 11.4 Å². The number of nitrogens with one attached hydrogen (secondary N) is 2. The van der Waals surface area contributed by atoms with Gasteiger partial charge in [0.2, 0.25) is 0 Å². The fourth-order valence-electron chi connectivity index (χ4n) is 1.74. The summed E-state index contributed by atoms with van der Waals surface area (Å²) in [6.45, 7) is 0. The van der Waals surface area contributed by atoms with Gasteiger partial charge >= 0.3 is 0 Å². The number of carbonyl (C=O) groups excluding carboxylic acids is 1. The maximum Gasteiger partial charge on any atom is 0.256 e. The minimum atomic E-state index is -0.190. The van der Waals surface area contributed by atoms with Crippen molar-refractivity contribution in [3.63, 3.8) is 0 Å². The van der Waals surface area contributed by atoms with E-state index in [1.54, 1.807) is 18.3 Å². The number of hydrogen-bond donors (Lipinski definition) is 2. The first-order valence-electron chi connectivity index (χ1n) is 5.47. The molecule has 0 aliphatic carbocycles. The first-order valence-corrected chi connectivity index (χ1v) is 5.47. The third-order valence-corrected chi connectivity index (χ3v) is 2.64. The predicted molar refractivity (Wildman–Crippen MR) is 68.3 cm³/mol. The highest BCUT2D eigenvalue weighted by atomic mass is 16.1. The molecule has 1 aromatic carbocycles. The molecule has 0 spiro atoms. The molecule has 0 unspecified atom stereocenters. The lowest BCUT2D eigenvalue weighted by Crippen LogP contribution is -2.12. The average molecular weight is 238 g/mol. The first kappa shape index (κ1) is 10.5. The molecule has 0 radical (unpaired) electrons. The minimum Gasteiger partial charge on any atom is -0.361 e. The SMILES string of the molecule is O=C(Nc1ccncn1)c1ccc2cc[nH]c2c1. The Balaban J connectivity index is 1.87. The van der Waals surface area contributed by atoms with Crippen molar-refractivity contribution in [3.8, 4) is 0 Å². The van der Waals surface area contributed by atoms with Crippen molar-refractivity contribution < 1.29 is 4.79 Å². The van der Waals surface area contributed by atoms with Crippen LogP contribution in [0.3, 0.4) is 0 Å². The largest absolute Gasteiger partial charge is 0.361 e. The molecule has 0 aliphatic heterocycles. The van der Waals surface area contributed by atoms with E-state index < -0.39 is 0 Å². The lowest BCUT2D eigenvalue weighted by atomic mass is 10.1. The van der Waals surface area contributed by atoms with Crippen LogP contribution in [0.2, 0.25) is 0 Å². The van der Waals surface area contributed by atoms with Gasteiger partial charge in [-0.25, -0.2) is 9.97 Å². The third-order valence-electron chi connectivity index (χ3n) is 2.64. The zero-order valence-corrected chi connectivity index (χ0v) is 9.42.